The third-order valence-electron chi connectivity index (χ3n) is 3.42. The topological polar surface area (TPSA) is 32.3 Å². The van der Waals surface area contributed by atoms with Crippen molar-refractivity contribution in [2.75, 3.05) is 19.6 Å². The van der Waals surface area contributed by atoms with Crippen molar-refractivity contribution in [1.82, 2.24) is 10.2 Å². The molecule has 0 bridgehead atoms. The van der Waals surface area contributed by atoms with Crippen LogP contribution >= 0.6 is 0 Å². The summed E-state index contributed by atoms with van der Waals surface area (Å²) in [6.45, 7) is 11.0. The molecule has 3 heteroatoms. The average Bonchev–Trinajstić information content (AvgIpc) is 2.34. The maximum Gasteiger partial charge on any atom is 0.223 e. The summed E-state index contributed by atoms with van der Waals surface area (Å²) in [5, 5.41) is 3.36. The molecule has 98 valence electrons. The van der Waals surface area contributed by atoms with Crippen molar-refractivity contribution in [3.63, 3.8) is 0 Å². The lowest BCUT2D eigenvalue weighted by molar-refractivity contribution is -0.133. The molecule has 0 radical (unpaired) electrons. The molecule has 1 aliphatic rings. The summed E-state index contributed by atoms with van der Waals surface area (Å²) < 4.78 is 0. The van der Waals surface area contributed by atoms with E-state index in [4.69, 9.17) is 0 Å². The molecule has 0 aromatic carbocycles. The quantitative estimate of drug-likeness (QED) is 0.719. The Balaban J connectivity index is 2.46. The molecule has 0 spiro atoms. The molecule has 0 atom stereocenters. The van der Waals surface area contributed by atoms with Crippen LogP contribution in [0.5, 0.6) is 0 Å². The lowest BCUT2D eigenvalue weighted by Gasteiger charge is -2.33. The number of allylic oxidation sites excluding steroid dienone is 1. The van der Waals surface area contributed by atoms with Gasteiger partial charge in [0.1, 0.15) is 0 Å². The van der Waals surface area contributed by atoms with Gasteiger partial charge < -0.3 is 10.2 Å². The second-order valence-electron chi connectivity index (χ2n) is 5.16. The molecule has 0 saturated carbocycles. The number of rotatable bonds is 6. The van der Waals surface area contributed by atoms with Gasteiger partial charge in [0.25, 0.3) is 0 Å². The van der Waals surface area contributed by atoms with E-state index in [-0.39, 0.29) is 5.91 Å². The molecule has 1 amide bonds. The van der Waals surface area contributed by atoms with Gasteiger partial charge in [0, 0.05) is 19.0 Å². The van der Waals surface area contributed by atoms with Crippen molar-refractivity contribution in [2.24, 2.45) is 5.92 Å². The highest BCUT2D eigenvalue weighted by Gasteiger charge is 2.22. The zero-order valence-corrected chi connectivity index (χ0v) is 11.2. The minimum absolute atomic E-state index is 0.276. The Bertz CT molecular complexity index is 245. The number of nitrogens with zero attached hydrogens (tertiary/aromatic N) is 1. The number of amides is 1. The van der Waals surface area contributed by atoms with Crippen LogP contribution in [0.4, 0.5) is 0 Å². The summed E-state index contributed by atoms with van der Waals surface area (Å²) in [7, 11) is 0. The number of nitrogens with one attached hydrogen (secondary N) is 1. The van der Waals surface area contributed by atoms with Gasteiger partial charge in [-0.05, 0) is 52.1 Å². The molecular formula is C14H26N2O. The number of carbonyl (C=O) groups is 1. The fourth-order valence-corrected chi connectivity index (χ4v) is 2.31. The van der Waals surface area contributed by atoms with E-state index >= 15 is 0 Å². The molecule has 3 nitrogen and oxygen atoms in total. The molecule has 1 fully saturated rings. The summed E-state index contributed by atoms with van der Waals surface area (Å²) in [5.41, 5.74) is 0. The minimum Gasteiger partial charge on any atom is -0.340 e. The highest BCUT2D eigenvalue weighted by Crippen LogP contribution is 2.16. The van der Waals surface area contributed by atoms with Gasteiger partial charge in [-0.1, -0.05) is 6.08 Å². The molecule has 1 aliphatic heterocycles. The predicted octanol–water partition coefficient (Wildman–Crippen LogP) is 2.19. The highest BCUT2D eigenvalue weighted by atomic mass is 16.2. The standard InChI is InChI=1S/C14H26N2O/c1-4-5-6-14(17)16(12(2)3)11-13-7-9-15-10-8-13/h4,12-13,15H,1,5-11H2,2-3H3. The van der Waals surface area contributed by atoms with E-state index < -0.39 is 0 Å². The minimum atomic E-state index is 0.276. The van der Waals surface area contributed by atoms with Crippen molar-refractivity contribution in [1.29, 1.82) is 0 Å². The lowest BCUT2D eigenvalue weighted by Crippen LogP contribution is -2.42. The smallest absolute Gasteiger partial charge is 0.223 e. The van der Waals surface area contributed by atoms with E-state index in [1.807, 2.05) is 11.0 Å². The first kappa shape index (κ1) is 14.2. The van der Waals surface area contributed by atoms with Crippen molar-refractivity contribution in [3.8, 4) is 0 Å². The van der Waals surface area contributed by atoms with Crippen LogP contribution in [-0.4, -0.2) is 36.5 Å². The molecule has 1 saturated heterocycles. The van der Waals surface area contributed by atoms with Gasteiger partial charge in [0.15, 0.2) is 0 Å². The molecule has 0 aromatic rings. The van der Waals surface area contributed by atoms with Gasteiger partial charge >= 0.3 is 0 Å². The molecule has 0 aromatic heterocycles. The number of carbonyl (C=O) groups excluding carboxylic acids is 1. The maximum atomic E-state index is 12.1. The van der Waals surface area contributed by atoms with Crippen molar-refractivity contribution in [3.05, 3.63) is 12.7 Å². The molecule has 1 N–H and O–H groups in total. The van der Waals surface area contributed by atoms with Crippen LogP contribution in [0, 0.1) is 5.92 Å². The number of hydrogen-bond acceptors (Lipinski definition) is 2. The number of piperidine rings is 1. The summed E-state index contributed by atoms with van der Waals surface area (Å²) in [6.07, 6.45) is 5.60. The van der Waals surface area contributed by atoms with E-state index in [0.717, 1.165) is 26.1 Å². The first-order chi connectivity index (χ1) is 8.15. The first-order valence-electron chi connectivity index (χ1n) is 6.76. The van der Waals surface area contributed by atoms with E-state index in [1.165, 1.54) is 12.8 Å². The van der Waals surface area contributed by atoms with Crippen molar-refractivity contribution < 1.29 is 4.79 Å². The monoisotopic (exact) mass is 238 g/mol. The Morgan fingerprint density at radius 2 is 2.12 bits per heavy atom. The van der Waals surface area contributed by atoms with Crippen molar-refractivity contribution in [2.45, 2.75) is 45.6 Å². The molecule has 0 unspecified atom stereocenters. The lowest BCUT2D eigenvalue weighted by atomic mass is 9.97. The zero-order valence-electron chi connectivity index (χ0n) is 11.2. The third kappa shape index (κ3) is 4.90. The normalized spacial score (nSPS) is 17.1. The first-order valence-corrected chi connectivity index (χ1v) is 6.76. The molecule has 1 heterocycles. The summed E-state index contributed by atoms with van der Waals surface area (Å²) in [6, 6.07) is 0.308. The summed E-state index contributed by atoms with van der Waals surface area (Å²) >= 11 is 0. The SMILES string of the molecule is C=CCCC(=O)N(CC1CCNCC1)C(C)C. The fourth-order valence-electron chi connectivity index (χ4n) is 2.31. The number of hydrogen-bond donors (Lipinski definition) is 1. The molecular weight excluding hydrogens is 212 g/mol. The van der Waals surface area contributed by atoms with Gasteiger partial charge in [-0.2, -0.15) is 0 Å². The van der Waals surface area contributed by atoms with Gasteiger partial charge in [-0.25, -0.2) is 0 Å². The van der Waals surface area contributed by atoms with Crippen LogP contribution in [0.2, 0.25) is 0 Å². The highest BCUT2D eigenvalue weighted by molar-refractivity contribution is 5.76. The Kier molecular flexibility index (Phi) is 6.27. The second kappa shape index (κ2) is 7.49. The van der Waals surface area contributed by atoms with Gasteiger partial charge in [-0.15, -0.1) is 6.58 Å². The summed E-state index contributed by atoms with van der Waals surface area (Å²) in [4.78, 5) is 14.1. The Hall–Kier alpha value is -0.830. The Morgan fingerprint density at radius 3 is 2.65 bits per heavy atom. The van der Waals surface area contributed by atoms with Crippen molar-refractivity contribution >= 4 is 5.91 Å². The predicted molar refractivity (Wildman–Crippen MR) is 71.9 cm³/mol. The van der Waals surface area contributed by atoms with Crippen LogP contribution in [0.15, 0.2) is 12.7 Å². The van der Waals surface area contributed by atoms with Gasteiger partial charge in [0.05, 0.1) is 0 Å². The molecule has 1 rings (SSSR count). The largest absolute Gasteiger partial charge is 0.340 e. The molecule has 0 aliphatic carbocycles. The van der Waals surface area contributed by atoms with E-state index in [1.54, 1.807) is 0 Å². The average molecular weight is 238 g/mol. The van der Waals surface area contributed by atoms with E-state index in [2.05, 4.69) is 25.7 Å². The van der Waals surface area contributed by atoms with Crippen LogP contribution < -0.4 is 5.32 Å². The Labute approximate surface area is 105 Å². The third-order valence-corrected chi connectivity index (χ3v) is 3.42. The van der Waals surface area contributed by atoms with Gasteiger partial charge in [0.2, 0.25) is 5.91 Å². The van der Waals surface area contributed by atoms with Crippen LogP contribution in [-0.2, 0) is 4.79 Å². The van der Waals surface area contributed by atoms with Crippen LogP contribution in [0.25, 0.3) is 0 Å². The zero-order chi connectivity index (χ0) is 12.7. The van der Waals surface area contributed by atoms with E-state index in [9.17, 15) is 4.79 Å². The van der Waals surface area contributed by atoms with Crippen LogP contribution in [0.3, 0.4) is 0 Å². The summed E-state index contributed by atoms with van der Waals surface area (Å²) in [5.74, 6) is 0.949. The Morgan fingerprint density at radius 1 is 1.47 bits per heavy atom. The second-order valence-corrected chi connectivity index (χ2v) is 5.16. The molecule has 17 heavy (non-hydrogen) atoms. The van der Waals surface area contributed by atoms with Gasteiger partial charge in [-0.3, -0.25) is 4.79 Å². The fraction of sp³-hybridized carbons (Fsp3) is 0.786. The van der Waals surface area contributed by atoms with Crippen LogP contribution in [0.1, 0.15) is 39.5 Å². The maximum absolute atomic E-state index is 12.1. The van der Waals surface area contributed by atoms with E-state index in [0.29, 0.717) is 18.4 Å².